The molecule has 0 saturated carbocycles. The molecule has 2 aromatic heterocycles. The third-order valence-electron chi connectivity index (χ3n) is 4.93. The maximum absolute atomic E-state index is 12.3. The first kappa shape index (κ1) is 20.3. The van der Waals surface area contributed by atoms with Gasteiger partial charge in [0.2, 0.25) is 11.8 Å². The quantitative estimate of drug-likeness (QED) is 0.600. The van der Waals surface area contributed by atoms with Crippen molar-refractivity contribution in [3.8, 4) is 5.75 Å². The molecule has 1 aliphatic heterocycles. The molecule has 31 heavy (non-hydrogen) atoms. The summed E-state index contributed by atoms with van der Waals surface area (Å²) in [5.74, 6) is 1.38. The maximum atomic E-state index is 12.3. The third-order valence-corrected chi connectivity index (χ3v) is 4.93. The maximum Gasteiger partial charge on any atom is 0.319 e. The smallest absolute Gasteiger partial charge is 0.319 e. The number of hydrogen-bond donors (Lipinski definition) is 2. The van der Waals surface area contributed by atoms with Gasteiger partial charge in [0.25, 0.3) is 0 Å². The van der Waals surface area contributed by atoms with Gasteiger partial charge in [-0.2, -0.15) is 4.98 Å². The minimum Gasteiger partial charge on any atom is -0.497 e. The number of nitrogens with one attached hydrogen (secondary N) is 2. The number of rotatable bonds is 7. The number of anilines is 1. The van der Waals surface area contributed by atoms with Gasteiger partial charge in [0.15, 0.2) is 5.82 Å². The Morgan fingerprint density at radius 1 is 1.29 bits per heavy atom. The van der Waals surface area contributed by atoms with Gasteiger partial charge >= 0.3 is 6.03 Å². The van der Waals surface area contributed by atoms with Gasteiger partial charge in [-0.05, 0) is 36.2 Å². The first-order valence-electron chi connectivity index (χ1n) is 9.82. The van der Waals surface area contributed by atoms with E-state index in [1.807, 2.05) is 12.1 Å². The van der Waals surface area contributed by atoms with Crippen molar-refractivity contribution in [2.45, 2.75) is 32.0 Å². The van der Waals surface area contributed by atoms with Crippen LogP contribution in [0, 0.1) is 0 Å². The zero-order chi connectivity index (χ0) is 21.6. The fraction of sp³-hybridized carbons (Fsp3) is 0.286. The van der Waals surface area contributed by atoms with Gasteiger partial charge < -0.3 is 24.8 Å². The molecule has 3 aromatic rings. The summed E-state index contributed by atoms with van der Waals surface area (Å²) in [4.78, 5) is 34.6. The summed E-state index contributed by atoms with van der Waals surface area (Å²) in [5, 5.41) is 9.34. The van der Waals surface area contributed by atoms with Crippen LogP contribution in [-0.2, 0) is 17.9 Å². The van der Waals surface area contributed by atoms with Crippen molar-refractivity contribution in [2.24, 2.45) is 0 Å². The van der Waals surface area contributed by atoms with E-state index in [1.165, 1.54) is 0 Å². The van der Waals surface area contributed by atoms with Gasteiger partial charge in [0, 0.05) is 37.1 Å². The van der Waals surface area contributed by atoms with Crippen LogP contribution in [0.25, 0.3) is 0 Å². The number of nitrogens with zero attached hydrogens (tertiary/aromatic N) is 4. The first-order chi connectivity index (χ1) is 15.1. The van der Waals surface area contributed by atoms with Crippen molar-refractivity contribution >= 4 is 17.6 Å². The summed E-state index contributed by atoms with van der Waals surface area (Å²) >= 11 is 0. The van der Waals surface area contributed by atoms with Crippen LogP contribution in [0.5, 0.6) is 5.75 Å². The molecule has 10 nitrogen and oxygen atoms in total. The van der Waals surface area contributed by atoms with Crippen LogP contribution in [0.4, 0.5) is 10.5 Å². The molecule has 1 atom stereocenters. The Labute approximate surface area is 178 Å². The number of benzene rings is 1. The molecule has 1 aliphatic rings. The van der Waals surface area contributed by atoms with Gasteiger partial charge in [-0.1, -0.05) is 11.2 Å². The van der Waals surface area contributed by atoms with E-state index >= 15 is 0 Å². The molecule has 0 radical (unpaired) electrons. The molecule has 1 aromatic carbocycles. The normalized spacial score (nSPS) is 15.7. The van der Waals surface area contributed by atoms with Gasteiger partial charge in [-0.15, -0.1) is 0 Å². The van der Waals surface area contributed by atoms with Crippen LogP contribution in [0.2, 0.25) is 0 Å². The number of methoxy groups -OCH3 is 1. The average Bonchev–Trinajstić information content (AvgIpc) is 3.40. The largest absolute Gasteiger partial charge is 0.497 e. The van der Waals surface area contributed by atoms with E-state index in [9.17, 15) is 9.59 Å². The van der Waals surface area contributed by atoms with E-state index in [4.69, 9.17) is 9.26 Å². The fourth-order valence-electron chi connectivity index (χ4n) is 3.38. The topological polar surface area (TPSA) is 122 Å². The van der Waals surface area contributed by atoms with Gasteiger partial charge in [0.1, 0.15) is 11.8 Å². The Bertz CT molecular complexity index is 1050. The van der Waals surface area contributed by atoms with Crippen molar-refractivity contribution in [3.05, 3.63) is 66.1 Å². The minimum absolute atomic E-state index is 0.0392. The summed E-state index contributed by atoms with van der Waals surface area (Å²) in [6, 6.07) is 10.1. The van der Waals surface area contributed by atoms with Crippen LogP contribution >= 0.6 is 0 Å². The lowest BCUT2D eigenvalue weighted by Gasteiger charge is -2.21. The predicted molar refractivity (Wildman–Crippen MR) is 110 cm³/mol. The van der Waals surface area contributed by atoms with Gasteiger partial charge in [0.05, 0.1) is 13.7 Å². The van der Waals surface area contributed by atoms with Crippen LogP contribution in [0.3, 0.4) is 0 Å². The standard InChI is InChI=1S/C21H22N6O4/c1-30-16-4-2-3-15(11-16)24-21(29)23-12-18-25-20(31-26-18)17-5-6-19(28)27(17)13-14-7-9-22-10-8-14/h2-4,7-11,17H,5-6,12-13H2,1H3,(H2,23,24,29)/t17-/m0/s1. The number of likely N-dealkylation sites (tertiary alicyclic amines) is 1. The number of amides is 3. The molecule has 3 amide bonds. The number of carbonyl (C=O) groups excluding carboxylic acids is 2. The summed E-state index contributed by atoms with van der Waals surface area (Å²) in [5.41, 5.74) is 1.58. The van der Waals surface area contributed by atoms with Crippen LogP contribution in [0.1, 0.15) is 36.2 Å². The Morgan fingerprint density at radius 3 is 2.94 bits per heavy atom. The number of aromatic nitrogens is 3. The summed E-state index contributed by atoms with van der Waals surface area (Å²) < 4.78 is 10.5. The highest BCUT2D eigenvalue weighted by Gasteiger charge is 2.35. The van der Waals surface area contributed by atoms with E-state index in [-0.39, 0.29) is 18.5 Å². The van der Waals surface area contributed by atoms with Crippen LogP contribution in [-0.4, -0.2) is 39.1 Å². The Kier molecular flexibility index (Phi) is 6.06. The number of ether oxygens (including phenoxy) is 1. The molecule has 3 heterocycles. The van der Waals surface area contributed by atoms with Gasteiger partial charge in [-0.25, -0.2) is 4.79 Å². The molecule has 0 bridgehead atoms. The Balaban J connectivity index is 1.35. The van der Waals surface area contributed by atoms with Crippen molar-refractivity contribution in [3.63, 3.8) is 0 Å². The highest BCUT2D eigenvalue weighted by atomic mass is 16.5. The van der Waals surface area contributed by atoms with Gasteiger partial charge in [-0.3, -0.25) is 9.78 Å². The molecular weight excluding hydrogens is 400 g/mol. The van der Waals surface area contributed by atoms with Crippen LogP contribution < -0.4 is 15.4 Å². The minimum atomic E-state index is -0.407. The summed E-state index contributed by atoms with van der Waals surface area (Å²) in [6.45, 7) is 0.537. The number of urea groups is 1. The lowest BCUT2D eigenvalue weighted by Crippen LogP contribution is -2.29. The van der Waals surface area contributed by atoms with Crippen molar-refractivity contribution in [2.75, 3.05) is 12.4 Å². The molecule has 4 rings (SSSR count). The molecule has 2 N–H and O–H groups in total. The first-order valence-corrected chi connectivity index (χ1v) is 9.82. The predicted octanol–water partition coefficient (Wildman–Crippen LogP) is 2.66. The number of carbonyl (C=O) groups is 2. The number of pyridine rings is 1. The highest BCUT2D eigenvalue weighted by Crippen LogP contribution is 2.33. The second-order valence-electron chi connectivity index (χ2n) is 7.02. The lowest BCUT2D eigenvalue weighted by molar-refractivity contribution is -0.130. The zero-order valence-corrected chi connectivity index (χ0v) is 16.9. The SMILES string of the molecule is COc1cccc(NC(=O)NCc2noc([C@@H]3CCC(=O)N3Cc3ccncc3)n2)c1. The average molecular weight is 422 g/mol. The summed E-state index contributed by atoms with van der Waals surface area (Å²) in [6.07, 6.45) is 4.42. The molecule has 1 saturated heterocycles. The van der Waals surface area contributed by atoms with E-state index in [0.717, 1.165) is 5.56 Å². The lowest BCUT2D eigenvalue weighted by atomic mass is 10.2. The Morgan fingerprint density at radius 2 is 2.13 bits per heavy atom. The fourth-order valence-corrected chi connectivity index (χ4v) is 3.38. The molecule has 0 unspecified atom stereocenters. The second kappa shape index (κ2) is 9.24. The molecule has 160 valence electrons. The molecule has 0 aliphatic carbocycles. The van der Waals surface area contributed by atoms with Crippen LogP contribution in [0.15, 0.2) is 53.3 Å². The Hall–Kier alpha value is -3.95. The molecular formula is C21H22N6O4. The van der Waals surface area contributed by atoms with E-state index in [0.29, 0.717) is 42.5 Å². The third kappa shape index (κ3) is 4.97. The van der Waals surface area contributed by atoms with Crippen molar-refractivity contribution in [1.82, 2.24) is 25.3 Å². The molecule has 0 spiro atoms. The van der Waals surface area contributed by atoms with E-state index < -0.39 is 6.03 Å². The summed E-state index contributed by atoms with van der Waals surface area (Å²) in [7, 11) is 1.56. The van der Waals surface area contributed by atoms with E-state index in [1.54, 1.807) is 48.7 Å². The highest BCUT2D eigenvalue weighted by molar-refractivity contribution is 5.89. The van der Waals surface area contributed by atoms with E-state index in [2.05, 4.69) is 25.8 Å². The van der Waals surface area contributed by atoms with Crippen molar-refractivity contribution in [1.29, 1.82) is 0 Å². The molecule has 10 heteroatoms. The number of hydrogen-bond acceptors (Lipinski definition) is 7. The zero-order valence-electron chi connectivity index (χ0n) is 16.9. The van der Waals surface area contributed by atoms with Crippen molar-refractivity contribution < 1.29 is 18.8 Å². The monoisotopic (exact) mass is 422 g/mol. The second-order valence-corrected chi connectivity index (χ2v) is 7.02. The molecule has 1 fully saturated rings.